The summed E-state index contributed by atoms with van der Waals surface area (Å²) in [6.45, 7) is 2.30. The Kier molecular flexibility index (Phi) is 4.30. The highest BCUT2D eigenvalue weighted by atomic mass is 16.5. The van der Waals surface area contributed by atoms with Gasteiger partial charge in [-0.1, -0.05) is 19.4 Å². The van der Waals surface area contributed by atoms with E-state index in [1.54, 1.807) is 0 Å². The van der Waals surface area contributed by atoms with Gasteiger partial charge in [0.1, 0.15) is 11.9 Å². The molecule has 3 atom stereocenters. The highest BCUT2D eigenvalue weighted by Crippen LogP contribution is 2.35. The normalized spacial score (nSPS) is 29.2. The fourth-order valence-electron chi connectivity index (χ4n) is 3.94. The van der Waals surface area contributed by atoms with Crippen LogP contribution in [0, 0.1) is 5.92 Å². The van der Waals surface area contributed by atoms with E-state index in [1.165, 1.54) is 56.1 Å². The highest BCUT2D eigenvalue weighted by Gasteiger charge is 2.26. The van der Waals surface area contributed by atoms with Crippen molar-refractivity contribution in [1.29, 1.82) is 0 Å². The van der Waals surface area contributed by atoms with E-state index in [4.69, 9.17) is 4.74 Å². The monoisotopic (exact) mass is 273 g/mol. The van der Waals surface area contributed by atoms with E-state index in [-0.39, 0.29) is 0 Å². The first kappa shape index (κ1) is 13.9. The van der Waals surface area contributed by atoms with Crippen molar-refractivity contribution in [2.24, 2.45) is 5.92 Å². The summed E-state index contributed by atoms with van der Waals surface area (Å²) >= 11 is 0. The molecule has 1 fully saturated rings. The molecule has 0 amide bonds. The van der Waals surface area contributed by atoms with Crippen LogP contribution in [-0.2, 0) is 6.42 Å². The second-order valence-corrected chi connectivity index (χ2v) is 6.35. The quantitative estimate of drug-likeness (QED) is 0.886. The van der Waals surface area contributed by atoms with Crippen LogP contribution in [-0.4, -0.2) is 13.2 Å². The van der Waals surface area contributed by atoms with Crippen molar-refractivity contribution >= 4 is 0 Å². The first-order valence-electron chi connectivity index (χ1n) is 8.28. The summed E-state index contributed by atoms with van der Waals surface area (Å²) < 4.78 is 6.33. The lowest BCUT2D eigenvalue weighted by Crippen LogP contribution is -2.29. The second-order valence-electron chi connectivity index (χ2n) is 6.35. The zero-order valence-corrected chi connectivity index (χ0v) is 12.8. The van der Waals surface area contributed by atoms with E-state index in [9.17, 15) is 0 Å². The molecule has 1 N–H and O–H groups in total. The van der Waals surface area contributed by atoms with Gasteiger partial charge < -0.3 is 10.1 Å². The standard InChI is InChI=1S/C18H27NO/c1-3-13-6-4-5-7-18(13)20-15-9-10-16-14(12-15)8-11-17(16)19-2/h9-10,12-13,17-19H,3-8,11H2,1-2H3. The first-order chi connectivity index (χ1) is 9.81. The van der Waals surface area contributed by atoms with Gasteiger partial charge in [-0.25, -0.2) is 0 Å². The number of benzene rings is 1. The third kappa shape index (κ3) is 2.71. The van der Waals surface area contributed by atoms with Crippen LogP contribution in [0.3, 0.4) is 0 Å². The van der Waals surface area contributed by atoms with Crippen LogP contribution in [0.2, 0.25) is 0 Å². The summed E-state index contributed by atoms with van der Waals surface area (Å²) in [5, 5.41) is 3.40. The van der Waals surface area contributed by atoms with E-state index in [1.807, 2.05) is 0 Å². The first-order valence-corrected chi connectivity index (χ1v) is 8.28. The van der Waals surface area contributed by atoms with Crippen LogP contribution < -0.4 is 10.1 Å². The Labute approximate surface area is 122 Å². The van der Waals surface area contributed by atoms with Gasteiger partial charge in [0.15, 0.2) is 0 Å². The molecule has 2 nitrogen and oxygen atoms in total. The Balaban J connectivity index is 1.72. The van der Waals surface area contributed by atoms with E-state index >= 15 is 0 Å². The molecule has 1 saturated carbocycles. The highest BCUT2D eigenvalue weighted by molar-refractivity contribution is 5.40. The molecule has 2 heteroatoms. The summed E-state index contributed by atoms with van der Waals surface area (Å²) in [6.07, 6.45) is 9.37. The van der Waals surface area contributed by atoms with Gasteiger partial charge in [-0.05, 0) is 74.8 Å². The molecule has 0 spiro atoms. The van der Waals surface area contributed by atoms with Crippen molar-refractivity contribution in [2.75, 3.05) is 7.05 Å². The zero-order chi connectivity index (χ0) is 13.9. The summed E-state index contributed by atoms with van der Waals surface area (Å²) in [5.74, 6) is 1.84. The Morgan fingerprint density at radius 2 is 2.05 bits per heavy atom. The van der Waals surface area contributed by atoms with Gasteiger partial charge in [-0.2, -0.15) is 0 Å². The molecule has 20 heavy (non-hydrogen) atoms. The minimum absolute atomic E-state index is 0.438. The van der Waals surface area contributed by atoms with Crippen molar-refractivity contribution in [1.82, 2.24) is 5.32 Å². The SMILES string of the molecule is CCC1CCCCC1Oc1ccc2c(c1)CCC2NC. The molecule has 110 valence electrons. The molecule has 0 bridgehead atoms. The molecule has 1 aromatic rings. The smallest absolute Gasteiger partial charge is 0.120 e. The maximum atomic E-state index is 6.33. The number of rotatable bonds is 4. The van der Waals surface area contributed by atoms with Gasteiger partial charge in [-0.3, -0.25) is 0 Å². The fourth-order valence-corrected chi connectivity index (χ4v) is 3.94. The number of hydrogen-bond donors (Lipinski definition) is 1. The number of hydrogen-bond acceptors (Lipinski definition) is 2. The van der Waals surface area contributed by atoms with Crippen LogP contribution >= 0.6 is 0 Å². The molecule has 1 aromatic carbocycles. The molecule has 0 heterocycles. The largest absolute Gasteiger partial charge is 0.490 e. The van der Waals surface area contributed by atoms with E-state index in [2.05, 4.69) is 37.5 Å². The van der Waals surface area contributed by atoms with Gasteiger partial charge >= 0.3 is 0 Å². The van der Waals surface area contributed by atoms with Crippen LogP contribution in [0.4, 0.5) is 0 Å². The minimum atomic E-state index is 0.438. The lowest BCUT2D eigenvalue weighted by Gasteiger charge is -2.31. The molecule has 2 aliphatic rings. The van der Waals surface area contributed by atoms with Crippen LogP contribution in [0.15, 0.2) is 18.2 Å². The molecule has 0 saturated heterocycles. The average Bonchev–Trinajstić information content (AvgIpc) is 2.90. The third-order valence-corrected chi connectivity index (χ3v) is 5.19. The maximum absolute atomic E-state index is 6.33. The summed E-state index contributed by atoms with van der Waals surface area (Å²) in [7, 11) is 2.05. The summed E-state index contributed by atoms with van der Waals surface area (Å²) in [4.78, 5) is 0. The lowest BCUT2D eigenvalue weighted by atomic mass is 9.85. The van der Waals surface area contributed by atoms with Gasteiger partial charge in [0, 0.05) is 6.04 Å². The Bertz CT molecular complexity index is 457. The predicted molar refractivity (Wildman–Crippen MR) is 83.2 cm³/mol. The number of fused-ring (bicyclic) bond motifs is 1. The van der Waals surface area contributed by atoms with Crippen LogP contribution in [0.1, 0.15) is 62.6 Å². The molecule has 0 radical (unpaired) electrons. The topological polar surface area (TPSA) is 21.3 Å². The summed E-state index contributed by atoms with van der Waals surface area (Å²) in [6, 6.07) is 7.27. The number of nitrogens with one attached hydrogen (secondary N) is 1. The van der Waals surface area contributed by atoms with Gasteiger partial charge in [0.05, 0.1) is 0 Å². The maximum Gasteiger partial charge on any atom is 0.120 e. The molecule has 0 aliphatic heterocycles. The number of aryl methyl sites for hydroxylation is 1. The van der Waals surface area contributed by atoms with Gasteiger partial charge in [-0.15, -0.1) is 0 Å². The van der Waals surface area contributed by atoms with E-state index in [0.29, 0.717) is 12.1 Å². The zero-order valence-electron chi connectivity index (χ0n) is 12.8. The predicted octanol–water partition coefficient (Wildman–Crippen LogP) is 4.24. The molecule has 3 rings (SSSR count). The third-order valence-electron chi connectivity index (χ3n) is 5.19. The van der Waals surface area contributed by atoms with Crippen LogP contribution in [0.5, 0.6) is 5.75 Å². The molecule has 3 unspecified atom stereocenters. The van der Waals surface area contributed by atoms with Crippen LogP contribution in [0.25, 0.3) is 0 Å². The van der Waals surface area contributed by atoms with Crippen molar-refractivity contribution in [3.8, 4) is 5.75 Å². The Morgan fingerprint density at radius 1 is 1.20 bits per heavy atom. The number of ether oxygens (including phenoxy) is 1. The molecular weight excluding hydrogens is 246 g/mol. The van der Waals surface area contributed by atoms with Crippen molar-refractivity contribution in [3.05, 3.63) is 29.3 Å². The molecule has 2 aliphatic carbocycles. The average molecular weight is 273 g/mol. The van der Waals surface area contributed by atoms with E-state index < -0.39 is 0 Å². The van der Waals surface area contributed by atoms with Gasteiger partial charge in [0.25, 0.3) is 0 Å². The lowest BCUT2D eigenvalue weighted by molar-refractivity contribution is 0.0903. The Morgan fingerprint density at radius 3 is 2.85 bits per heavy atom. The Hall–Kier alpha value is -1.02. The second kappa shape index (κ2) is 6.17. The van der Waals surface area contributed by atoms with Gasteiger partial charge in [0.2, 0.25) is 0 Å². The minimum Gasteiger partial charge on any atom is -0.490 e. The van der Waals surface area contributed by atoms with E-state index in [0.717, 1.165) is 11.7 Å². The molecule has 0 aromatic heterocycles. The fraction of sp³-hybridized carbons (Fsp3) is 0.667. The van der Waals surface area contributed by atoms with Crippen molar-refractivity contribution in [2.45, 2.75) is 64.0 Å². The van der Waals surface area contributed by atoms with Crippen molar-refractivity contribution in [3.63, 3.8) is 0 Å². The van der Waals surface area contributed by atoms with Crippen molar-refractivity contribution < 1.29 is 4.74 Å². The molecular formula is C18H27NO. The summed E-state index contributed by atoms with van der Waals surface area (Å²) in [5.41, 5.74) is 2.95.